The van der Waals surface area contributed by atoms with Crippen LogP contribution in [0.15, 0.2) is 83.5 Å². The monoisotopic (exact) mass is 410 g/mol. The van der Waals surface area contributed by atoms with Gasteiger partial charge in [-0.2, -0.15) is 0 Å². The van der Waals surface area contributed by atoms with Gasteiger partial charge in [-0.15, -0.1) is 0 Å². The zero-order chi connectivity index (χ0) is 18.4. The summed E-state index contributed by atoms with van der Waals surface area (Å²) in [6.45, 7) is 1.73. The number of hydrogen-bond donors (Lipinski definition) is 1. The van der Waals surface area contributed by atoms with Gasteiger partial charge in [-0.05, 0) is 48.9 Å². The molecule has 0 fully saturated rings. The van der Waals surface area contributed by atoms with Crippen molar-refractivity contribution in [3.63, 3.8) is 0 Å². The molecule has 3 rings (SSSR count). The van der Waals surface area contributed by atoms with Gasteiger partial charge in [-0.1, -0.05) is 52.3 Å². The summed E-state index contributed by atoms with van der Waals surface area (Å²) in [6.07, 6.45) is 1.09. The minimum Gasteiger partial charge on any atom is -0.481 e. The quantitative estimate of drug-likeness (QED) is 0.649. The van der Waals surface area contributed by atoms with Crippen molar-refractivity contribution >= 4 is 21.8 Å². The molecule has 0 saturated heterocycles. The summed E-state index contributed by atoms with van der Waals surface area (Å²) in [7, 11) is 0. The topological polar surface area (TPSA) is 51.2 Å². The Bertz CT molecular complexity index is 799. The van der Waals surface area contributed by atoms with Crippen molar-refractivity contribution in [1.82, 2.24) is 10.3 Å². The van der Waals surface area contributed by atoms with Crippen molar-refractivity contribution in [2.75, 3.05) is 0 Å². The van der Waals surface area contributed by atoms with Crippen LogP contribution in [0, 0.1) is 0 Å². The lowest BCUT2D eigenvalue weighted by molar-refractivity contribution is -0.127. The Morgan fingerprint density at radius 2 is 1.69 bits per heavy atom. The number of nitrogens with zero attached hydrogens (tertiary/aromatic N) is 1. The summed E-state index contributed by atoms with van der Waals surface area (Å²) < 4.78 is 6.71. The summed E-state index contributed by atoms with van der Waals surface area (Å²) >= 11 is 3.38. The minimum atomic E-state index is -0.633. The molecule has 5 heteroatoms. The van der Waals surface area contributed by atoms with Gasteiger partial charge in [0.15, 0.2) is 6.10 Å². The molecule has 0 bridgehead atoms. The minimum absolute atomic E-state index is 0.201. The second-order valence-electron chi connectivity index (χ2n) is 5.82. The van der Waals surface area contributed by atoms with Crippen molar-refractivity contribution in [2.24, 2.45) is 0 Å². The van der Waals surface area contributed by atoms with Gasteiger partial charge in [-0.25, -0.2) is 0 Å². The Morgan fingerprint density at radius 3 is 2.35 bits per heavy atom. The van der Waals surface area contributed by atoms with E-state index in [0.29, 0.717) is 5.75 Å². The number of aromatic nitrogens is 1. The van der Waals surface area contributed by atoms with Crippen LogP contribution in [-0.2, 0) is 4.79 Å². The van der Waals surface area contributed by atoms with Crippen LogP contribution >= 0.6 is 15.9 Å². The van der Waals surface area contributed by atoms with Crippen molar-refractivity contribution in [3.05, 3.63) is 94.7 Å². The van der Waals surface area contributed by atoms with Crippen LogP contribution in [0.4, 0.5) is 0 Å². The number of benzene rings is 2. The largest absolute Gasteiger partial charge is 0.481 e. The van der Waals surface area contributed by atoms with Gasteiger partial charge in [0.25, 0.3) is 5.91 Å². The first-order valence-corrected chi connectivity index (χ1v) is 9.11. The lowest BCUT2D eigenvalue weighted by Crippen LogP contribution is -2.39. The summed E-state index contributed by atoms with van der Waals surface area (Å²) in [5.74, 6) is 0.442. The van der Waals surface area contributed by atoms with E-state index in [9.17, 15) is 4.79 Å². The van der Waals surface area contributed by atoms with Gasteiger partial charge < -0.3 is 10.1 Å². The highest BCUT2D eigenvalue weighted by atomic mass is 79.9. The average molecular weight is 411 g/mol. The van der Waals surface area contributed by atoms with Crippen LogP contribution in [0.1, 0.15) is 24.2 Å². The fraction of sp³-hybridized carbons (Fsp3) is 0.143. The van der Waals surface area contributed by atoms with Crippen LogP contribution in [0.3, 0.4) is 0 Å². The molecule has 1 amide bonds. The fourth-order valence-corrected chi connectivity index (χ4v) is 2.82. The Morgan fingerprint density at radius 1 is 1.00 bits per heavy atom. The number of amides is 1. The molecule has 0 radical (unpaired) electrons. The van der Waals surface area contributed by atoms with E-state index in [0.717, 1.165) is 15.7 Å². The summed E-state index contributed by atoms with van der Waals surface area (Å²) in [4.78, 5) is 17.1. The van der Waals surface area contributed by atoms with Crippen molar-refractivity contribution < 1.29 is 9.53 Å². The van der Waals surface area contributed by atoms with Gasteiger partial charge in [-0.3, -0.25) is 9.78 Å². The molecule has 0 aliphatic carbocycles. The van der Waals surface area contributed by atoms with E-state index in [1.54, 1.807) is 13.1 Å². The highest BCUT2D eigenvalue weighted by Gasteiger charge is 2.22. The molecule has 3 aromatic rings. The standard InChI is InChI=1S/C21H19BrN2O2/c1-15(26-18-12-10-17(22)11-13-18)21(25)24-20(16-7-3-2-4-8-16)19-9-5-6-14-23-19/h2-15,20H,1H3,(H,24,25). The van der Waals surface area contributed by atoms with Crippen LogP contribution in [0.2, 0.25) is 0 Å². The number of ether oxygens (including phenoxy) is 1. The number of carbonyl (C=O) groups excluding carboxylic acids is 1. The molecular weight excluding hydrogens is 392 g/mol. The number of carbonyl (C=O) groups is 1. The number of hydrogen-bond acceptors (Lipinski definition) is 3. The van der Waals surface area contributed by atoms with E-state index >= 15 is 0 Å². The van der Waals surface area contributed by atoms with E-state index < -0.39 is 6.10 Å². The Hall–Kier alpha value is -2.66. The SMILES string of the molecule is CC(Oc1ccc(Br)cc1)C(=O)NC(c1ccccc1)c1ccccn1. The molecule has 1 heterocycles. The Balaban J connectivity index is 1.75. The molecular formula is C21H19BrN2O2. The lowest BCUT2D eigenvalue weighted by atomic mass is 10.0. The predicted octanol–water partition coefficient (Wildman–Crippen LogP) is 4.52. The third-order valence-electron chi connectivity index (χ3n) is 3.90. The highest BCUT2D eigenvalue weighted by Crippen LogP contribution is 2.21. The molecule has 0 aliphatic heterocycles. The van der Waals surface area contributed by atoms with Crippen LogP contribution in [0.25, 0.3) is 0 Å². The normalized spacial score (nSPS) is 12.8. The first-order valence-electron chi connectivity index (χ1n) is 8.32. The van der Waals surface area contributed by atoms with Crippen molar-refractivity contribution in [2.45, 2.75) is 19.1 Å². The van der Waals surface area contributed by atoms with Crippen molar-refractivity contribution in [3.8, 4) is 5.75 Å². The molecule has 0 saturated carbocycles. The first-order chi connectivity index (χ1) is 12.6. The third-order valence-corrected chi connectivity index (χ3v) is 4.43. The maximum Gasteiger partial charge on any atom is 0.261 e. The molecule has 0 aliphatic rings. The third kappa shape index (κ3) is 4.70. The zero-order valence-electron chi connectivity index (χ0n) is 14.3. The second kappa shape index (κ2) is 8.63. The predicted molar refractivity (Wildman–Crippen MR) is 105 cm³/mol. The number of halogens is 1. The molecule has 2 unspecified atom stereocenters. The van der Waals surface area contributed by atoms with Gasteiger partial charge in [0.1, 0.15) is 5.75 Å². The van der Waals surface area contributed by atoms with E-state index in [2.05, 4.69) is 26.2 Å². The van der Waals surface area contributed by atoms with Gasteiger partial charge in [0, 0.05) is 10.7 Å². The molecule has 0 spiro atoms. The zero-order valence-corrected chi connectivity index (χ0v) is 15.9. The maximum atomic E-state index is 12.7. The Labute approximate surface area is 161 Å². The molecule has 2 aromatic carbocycles. The van der Waals surface area contributed by atoms with Gasteiger partial charge in [0.2, 0.25) is 0 Å². The summed E-state index contributed by atoms with van der Waals surface area (Å²) in [5.41, 5.74) is 1.75. The maximum absolute atomic E-state index is 12.7. The molecule has 2 atom stereocenters. The molecule has 26 heavy (non-hydrogen) atoms. The second-order valence-corrected chi connectivity index (χ2v) is 6.74. The number of nitrogens with one attached hydrogen (secondary N) is 1. The van der Waals surface area contributed by atoms with E-state index in [-0.39, 0.29) is 11.9 Å². The van der Waals surface area contributed by atoms with Crippen LogP contribution in [0.5, 0.6) is 5.75 Å². The van der Waals surface area contributed by atoms with E-state index in [1.165, 1.54) is 0 Å². The number of rotatable bonds is 6. The Kier molecular flexibility index (Phi) is 6.02. The van der Waals surface area contributed by atoms with E-state index in [1.807, 2.05) is 72.8 Å². The van der Waals surface area contributed by atoms with Gasteiger partial charge >= 0.3 is 0 Å². The van der Waals surface area contributed by atoms with Gasteiger partial charge in [0.05, 0.1) is 11.7 Å². The molecule has 1 N–H and O–H groups in total. The lowest BCUT2D eigenvalue weighted by Gasteiger charge is -2.22. The smallest absolute Gasteiger partial charge is 0.261 e. The van der Waals surface area contributed by atoms with Crippen molar-refractivity contribution in [1.29, 1.82) is 0 Å². The van der Waals surface area contributed by atoms with Crippen LogP contribution in [-0.4, -0.2) is 17.0 Å². The van der Waals surface area contributed by atoms with E-state index in [4.69, 9.17) is 4.74 Å². The first kappa shape index (κ1) is 18.1. The molecule has 1 aromatic heterocycles. The summed E-state index contributed by atoms with van der Waals surface area (Å²) in [6, 6.07) is 22.5. The van der Waals surface area contributed by atoms with Crippen LogP contribution < -0.4 is 10.1 Å². The fourth-order valence-electron chi connectivity index (χ4n) is 2.55. The number of pyridine rings is 1. The average Bonchev–Trinajstić information content (AvgIpc) is 2.69. The highest BCUT2D eigenvalue weighted by molar-refractivity contribution is 9.10. The molecule has 132 valence electrons. The molecule has 4 nitrogen and oxygen atoms in total. The summed E-state index contributed by atoms with van der Waals surface area (Å²) in [5, 5.41) is 3.05.